The molecule has 0 radical (unpaired) electrons. The predicted molar refractivity (Wildman–Crippen MR) is 96.0 cm³/mol. The van der Waals surface area contributed by atoms with Gasteiger partial charge in [-0.1, -0.05) is 15.9 Å². The lowest BCUT2D eigenvalue weighted by Crippen LogP contribution is -2.45. The van der Waals surface area contributed by atoms with E-state index in [-0.39, 0.29) is 6.04 Å². The van der Waals surface area contributed by atoms with Crippen molar-refractivity contribution in [3.05, 3.63) is 50.1 Å². The summed E-state index contributed by atoms with van der Waals surface area (Å²) in [5.74, 6) is 0.956. The van der Waals surface area contributed by atoms with E-state index in [2.05, 4.69) is 56.6 Å². The molecule has 1 saturated heterocycles. The number of benzene rings is 1. The minimum Gasteiger partial charge on any atom is -0.496 e. The van der Waals surface area contributed by atoms with Crippen molar-refractivity contribution in [2.75, 3.05) is 33.3 Å². The van der Waals surface area contributed by atoms with Gasteiger partial charge in [0.2, 0.25) is 0 Å². The molecule has 1 aromatic heterocycles. The first-order chi connectivity index (χ1) is 10.7. The molecule has 1 aliphatic heterocycles. The first-order valence-electron chi connectivity index (χ1n) is 7.52. The molecule has 1 N–H and O–H groups in total. The summed E-state index contributed by atoms with van der Waals surface area (Å²) in [4.78, 5) is 3.93. The lowest BCUT2D eigenvalue weighted by molar-refractivity contribution is 0.197. The molecule has 0 aliphatic carbocycles. The van der Waals surface area contributed by atoms with Gasteiger partial charge in [0.1, 0.15) is 5.75 Å². The molecule has 1 aromatic carbocycles. The highest BCUT2D eigenvalue weighted by Gasteiger charge is 2.27. The topological polar surface area (TPSA) is 24.5 Å². The number of thiophene rings is 1. The van der Waals surface area contributed by atoms with Crippen molar-refractivity contribution in [2.24, 2.45) is 0 Å². The summed E-state index contributed by atoms with van der Waals surface area (Å²) in [6.07, 6.45) is 0. The van der Waals surface area contributed by atoms with E-state index >= 15 is 0 Å². The van der Waals surface area contributed by atoms with Crippen molar-refractivity contribution >= 4 is 27.3 Å². The Hall–Kier alpha value is -0.880. The number of rotatable bonds is 4. The molecule has 3 nitrogen and oxygen atoms in total. The molecule has 5 heteroatoms. The molecule has 1 unspecified atom stereocenters. The average molecular weight is 381 g/mol. The van der Waals surface area contributed by atoms with Gasteiger partial charge >= 0.3 is 0 Å². The lowest BCUT2D eigenvalue weighted by atomic mass is 10.0. The van der Waals surface area contributed by atoms with Crippen LogP contribution in [0.4, 0.5) is 0 Å². The van der Waals surface area contributed by atoms with Gasteiger partial charge in [0.25, 0.3) is 0 Å². The first-order valence-corrected chi connectivity index (χ1v) is 9.19. The van der Waals surface area contributed by atoms with Crippen LogP contribution in [0.25, 0.3) is 0 Å². The van der Waals surface area contributed by atoms with Crippen LogP contribution in [0.5, 0.6) is 5.75 Å². The molecule has 3 rings (SSSR count). The highest BCUT2D eigenvalue weighted by molar-refractivity contribution is 9.10. The molecule has 22 heavy (non-hydrogen) atoms. The summed E-state index contributed by atoms with van der Waals surface area (Å²) < 4.78 is 6.74. The van der Waals surface area contributed by atoms with Gasteiger partial charge in [-0.15, -0.1) is 11.3 Å². The van der Waals surface area contributed by atoms with Crippen LogP contribution in [-0.4, -0.2) is 38.2 Å². The van der Waals surface area contributed by atoms with Crippen molar-refractivity contribution in [2.45, 2.75) is 13.0 Å². The second-order valence-corrected chi connectivity index (χ2v) is 7.46. The second kappa shape index (κ2) is 7.13. The Balaban J connectivity index is 2.06. The zero-order chi connectivity index (χ0) is 15.5. The number of ether oxygens (including phenoxy) is 1. The summed E-state index contributed by atoms with van der Waals surface area (Å²) in [6.45, 7) is 6.34. The van der Waals surface area contributed by atoms with Crippen LogP contribution in [0.1, 0.15) is 22.0 Å². The Labute approximate surface area is 144 Å². The number of aryl methyl sites for hydroxylation is 1. The molecule has 1 atom stereocenters. The first kappa shape index (κ1) is 16.0. The van der Waals surface area contributed by atoms with Gasteiger partial charge in [-0.3, -0.25) is 4.90 Å². The number of nitrogens with zero attached hydrogens (tertiary/aromatic N) is 1. The number of halogens is 1. The molecule has 0 saturated carbocycles. The van der Waals surface area contributed by atoms with Crippen molar-refractivity contribution in [1.29, 1.82) is 0 Å². The standard InChI is InChI=1S/C17H21BrN2OS/c1-12-9-16(22-11-12)17(20-7-5-19-6-8-20)14-10-13(18)3-4-15(14)21-2/h3-4,9-11,17,19H,5-8H2,1-2H3. The van der Waals surface area contributed by atoms with Crippen LogP contribution in [0.15, 0.2) is 34.1 Å². The fourth-order valence-corrected chi connectivity index (χ4v) is 4.41. The Morgan fingerprint density at radius 1 is 1.27 bits per heavy atom. The average Bonchev–Trinajstić information content (AvgIpc) is 2.95. The van der Waals surface area contributed by atoms with E-state index in [1.807, 2.05) is 17.4 Å². The number of nitrogens with one attached hydrogen (secondary N) is 1. The van der Waals surface area contributed by atoms with Crippen molar-refractivity contribution in [3.8, 4) is 5.75 Å². The number of piperazine rings is 1. The highest BCUT2D eigenvalue weighted by Crippen LogP contribution is 2.39. The Kier molecular flexibility index (Phi) is 5.18. The Bertz CT molecular complexity index is 637. The van der Waals surface area contributed by atoms with Gasteiger partial charge in [-0.05, 0) is 42.1 Å². The van der Waals surface area contributed by atoms with Crippen molar-refractivity contribution in [3.63, 3.8) is 0 Å². The maximum Gasteiger partial charge on any atom is 0.124 e. The fourth-order valence-electron chi connectivity index (χ4n) is 2.99. The van der Waals surface area contributed by atoms with Crippen LogP contribution in [0.2, 0.25) is 0 Å². The zero-order valence-electron chi connectivity index (χ0n) is 12.9. The largest absolute Gasteiger partial charge is 0.496 e. The van der Waals surface area contributed by atoms with E-state index < -0.39 is 0 Å². The third kappa shape index (κ3) is 3.38. The van der Waals surface area contributed by atoms with Gasteiger partial charge in [0, 0.05) is 41.1 Å². The van der Waals surface area contributed by atoms with Crippen LogP contribution in [0.3, 0.4) is 0 Å². The number of hydrogen-bond donors (Lipinski definition) is 1. The molecule has 0 spiro atoms. The van der Waals surface area contributed by atoms with E-state index in [0.717, 1.165) is 36.4 Å². The van der Waals surface area contributed by atoms with Crippen molar-refractivity contribution in [1.82, 2.24) is 10.2 Å². The van der Waals surface area contributed by atoms with E-state index in [9.17, 15) is 0 Å². The summed E-state index contributed by atoms with van der Waals surface area (Å²) in [5, 5.41) is 5.67. The maximum absolute atomic E-state index is 5.64. The molecular formula is C17H21BrN2OS. The fraction of sp³-hybridized carbons (Fsp3) is 0.412. The number of methoxy groups -OCH3 is 1. The minimum atomic E-state index is 0.258. The Morgan fingerprint density at radius 2 is 2.05 bits per heavy atom. The lowest BCUT2D eigenvalue weighted by Gasteiger charge is -2.35. The summed E-state index contributed by atoms with van der Waals surface area (Å²) >= 11 is 5.45. The highest BCUT2D eigenvalue weighted by atomic mass is 79.9. The Morgan fingerprint density at radius 3 is 2.68 bits per heavy atom. The normalized spacial score (nSPS) is 17.4. The molecule has 118 valence electrons. The van der Waals surface area contributed by atoms with Gasteiger partial charge in [0.15, 0.2) is 0 Å². The van der Waals surface area contributed by atoms with E-state index in [1.165, 1.54) is 16.0 Å². The summed E-state index contributed by atoms with van der Waals surface area (Å²) in [5.41, 5.74) is 2.56. The van der Waals surface area contributed by atoms with Gasteiger partial charge in [-0.2, -0.15) is 0 Å². The molecule has 0 bridgehead atoms. The monoisotopic (exact) mass is 380 g/mol. The molecular weight excluding hydrogens is 360 g/mol. The predicted octanol–water partition coefficient (Wildman–Crippen LogP) is 3.82. The van der Waals surface area contributed by atoms with E-state index in [1.54, 1.807) is 7.11 Å². The van der Waals surface area contributed by atoms with Gasteiger partial charge in [0.05, 0.1) is 13.2 Å². The second-order valence-electron chi connectivity index (χ2n) is 5.60. The van der Waals surface area contributed by atoms with Crippen molar-refractivity contribution < 1.29 is 4.74 Å². The van der Waals surface area contributed by atoms with Crippen LogP contribution in [0, 0.1) is 6.92 Å². The van der Waals surface area contributed by atoms with E-state index in [0.29, 0.717) is 0 Å². The number of hydrogen-bond acceptors (Lipinski definition) is 4. The third-order valence-corrected chi connectivity index (χ3v) is 5.62. The molecule has 2 aromatic rings. The smallest absolute Gasteiger partial charge is 0.124 e. The van der Waals surface area contributed by atoms with Gasteiger partial charge in [-0.25, -0.2) is 0 Å². The van der Waals surface area contributed by atoms with E-state index in [4.69, 9.17) is 4.74 Å². The zero-order valence-corrected chi connectivity index (χ0v) is 15.3. The maximum atomic E-state index is 5.64. The van der Waals surface area contributed by atoms with Gasteiger partial charge < -0.3 is 10.1 Å². The summed E-state index contributed by atoms with van der Waals surface area (Å²) in [6, 6.07) is 8.85. The third-order valence-electron chi connectivity index (χ3n) is 4.02. The quantitative estimate of drug-likeness (QED) is 0.872. The molecule has 1 aliphatic rings. The molecule has 0 amide bonds. The molecule has 2 heterocycles. The SMILES string of the molecule is COc1ccc(Br)cc1C(c1cc(C)cs1)N1CCNCC1. The van der Waals surface area contributed by atoms with Crippen LogP contribution in [-0.2, 0) is 0 Å². The molecule has 1 fully saturated rings. The summed E-state index contributed by atoms with van der Waals surface area (Å²) in [7, 11) is 1.75. The van der Waals surface area contributed by atoms with Crippen LogP contribution < -0.4 is 10.1 Å². The minimum absolute atomic E-state index is 0.258. The van der Waals surface area contributed by atoms with Crippen LogP contribution >= 0.6 is 27.3 Å².